The van der Waals surface area contributed by atoms with Crippen molar-refractivity contribution in [3.05, 3.63) is 11.8 Å². The first-order valence-corrected chi connectivity index (χ1v) is 6.73. The molecule has 1 N–H and O–H groups in total. The predicted octanol–water partition coefficient (Wildman–Crippen LogP) is 3.82. The molecule has 1 saturated heterocycles. The van der Waals surface area contributed by atoms with E-state index in [9.17, 15) is 5.11 Å². The lowest BCUT2D eigenvalue weighted by atomic mass is 9.85. The molecule has 0 radical (unpaired) electrons. The van der Waals surface area contributed by atoms with Gasteiger partial charge in [0, 0.05) is 13.0 Å². The van der Waals surface area contributed by atoms with Gasteiger partial charge in [-0.15, -0.1) is 0 Å². The molecular formula is C14H24O2. The number of ether oxygens (including phenoxy) is 1. The summed E-state index contributed by atoms with van der Waals surface area (Å²) >= 11 is 0. The summed E-state index contributed by atoms with van der Waals surface area (Å²) in [7, 11) is 0. The van der Waals surface area contributed by atoms with Gasteiger partial charge in [0.2, 0.25) is 0 Å². The molecule has 2 rings (SSSR count). The highest BCUT2D eigenvalue weighted by Crippen LogP contribution is 2.30. The Kier molecular flexibility index (Phi) is 4.28. The van der Waals surface area contributed by atoms with Crippen LogP contribution in [0, 0.1) is 11.8 Å². The number of rotatable bonds is 3. The van der Waals surface area contributed by atoms with E-state index >= 15 is 0 Å². The molecule has 3 atom stereocenters. The maximum Gasteiger partial charge on any atom is 0.0883 e. The largest absolute Gasteiger partial charge is 0.513 e. The van der Waals surface area contributed by atoms with Gasteiger partial charge >= 0.3 is 0 Å². The normalized spacial score (nSPS) is 35.8. The lowest BCUT2D eigenvalue weighted by Gasteiger charge is -2.28. The van der Waals surface area contributed by atoms with Crippen LogP contribution in [0.15, 0.2) is 11.8 Å². The van der Waals surface area contributed by atoms with Crippen molar-refractivity contribution in [3.8, 4) is 0 Å². The van der Waals surface area contributed by atoms with Gasteiger partial charge in [0.05, 0.1) is 11.9 Å². The molecule has 2 aliphatic rings. The van der Waals surface area contributed by atoms with Crippen molar-refractivity contribution in [1.29, 1.82) is 0 Å². The summed E-state index contributed by atoms with van der Waals surface area (Å²) in [5, 5.41) is 9.31. The van der Waals surface area contributed by atoms with Crippen LogP contribution in [0.4, 0.5) is 0 Å². The van der Waals surface area contributed by atoms with Crippen molar-refractivity contribution in [1.82, 2.24) is 0 Å². The van der Waals surface area contributed by atoms with Crippen LogP contribution >= 0.6 is 0 Å². The molecule has 92 valence electrons. The van der Waals surface area contributed by atoms with Crippen LogP contribution in [-0.2, 0) is 4.74 Å². The maximum absolute atomic E-state index is 9.31. The van der Waals surface area contributed by atoms with Gasteiger partial charge in [0.15, 0.2) is 0 Å². The van der Waals surface area contributed by atoms with E-state index < -0.39 is 0 Å². The van der Waals surface area contributed by atoms with Crippen molar-refractivity contribution in [2.45, 2.75) is 58.0 Å². The van der Waals surface area contributed by atoms with Crippen LogP contribution in [0.25, 0.3) is 0 Å². The number of aliphatic hydroxyl groups is 1. The Morgan fingerprint density at radius 3 is 2.69 bits per heavy atom. The molecule has 0 aromatic carbocycles. The molecule has 1 heterocycles. The van der Waals surface area contributed by atoms with Gasteiger partial charge in [-0.3, -0.25) is 0 Å². The van der Waals surface area contributed by atoms with E-state index in [1.54, 1.807) is 0 Å². The monoisotopic (exact) mass is 224 g/mol. The molecule has 0 aromatic heterocycles. The van der Waals surface area contributed by atoms with E-state index in [4.69, 9.17) is 4.74 Å². The topological polar surface area (TPSA) is 29.5 Å². The lowest BCUT2D eigenvalue weighted by molar-refractivity contribution is -0.00873. The van der Waals surface area contributed by atoms with Gasteiger partial charge in [-0.25, -0.2) is 0 Å². The molecular weight excluding hydrogens is 200 g/mol. The molecule has 0 amide bonds. The predicted molar refractivity (Wildman–Crippen MR) is 65.4 cm³/mol. The fourth-order valence-electron chi connectivity index (χ4n) is 2.77. The van der Waals surface area contributed by atoms with Crippen LogP contribution in [-0.4, -0.2) is 17.8 Å². The van der Waals surface area contributed by atoms with E-state index in [0.29, 0.717) is 11.9 Å². The highest BCUT2D eigenvalue weighted by atomic mass is 16.5. The average molecular weight is 224 g/mol. The molecule has 2 nitrogen and oxygen atoms in total. The van der Waals surface area contributed by atoms with Crippen LogP contribution < -0.4 is 0 Å². The maximum atomic E-state index is 9.31. The van der Waals surface area contributed by atoms with E-state index in [-0.39, 0.29) is 0 Å². The second kappa shape index (κ2) is 5.72. The number of aliphatic hydroxyl groups excluding tert-OH is 1. The lowest BCUT2D eigenvalue weighted by Crippen LogP contribution is -2.24. The minimum atomic E-state index is 0.478. The highest BCUT2D eigenvalue weighted by molar-refractivity contribution is 4.97. The third-order valence-corrected chi connectivity index (χ3v) is 4.08. The van der Waals surface area contributed by atoms with E-state index in [1.165, 1.54) is 32.1 Å². The van der Waals surface area contributed by atoms with Crippen LogP contribution in [0.5, 0.6) is 0 Å². The van der Waals surface area contributed by atoms with Gasteiger partial charge in [0.1, 0.15) is 0 Å². The quantitative estimate of drug-likeness (QED) is 0.789. The first kappa shape index (κ1) is 12.0. The molecule has 1 fully saturated rings. The van der Waals surface area contributed by atoms with Crippen molar-refractivity contribution in [3.63, 3.8) is 0 Å². The first-order valence-electron chi connectivity index (χ1n) is 6.73. The zero-order chi connectivity index (χ0) is 11.4. The summed E-state index contributed by atoms with van der Waals surface area (Å²) in [6.45, 7) is 3.14. The number of hydrogen-bond acceptors (Lipinski definition) is 2. The molecule has 1 aliphatic carbocycles. The Bertz CT molecular complexity index is 239. The fourth-order valence-corrected chi connectivity index (χ4v) is 2.77. The summed E-state index contributed by atoms with van der Waals surface area (Å²) in [6, 6.07) is 0. The summed E-state index contributed by atoms with van der Waals surface area (Å²) in [5.41, 5.74) is 0. The third-order valence-electron chi connectivity index (χ3n) is 4.08. The van der Waals surface area contributed by atoms with E-state index in [2.05, 4.69) is 6.92 Å². The molecule has 0 spiro atoms. The van der Waals surface area contributed by atoms with Crippen LogP contribution in [0.2, 0.25) is 0 Å². The Hall–Kier alpha value is -0.500. The zero-order valence-corrected chi connectivity index (χ0v) is 10.3. The Morgan fingerprint density at radius 1 is 1.25 bits per heavy atom. The summed E-state index contributed by atoms with van der Waals surface area (Å²) < 4.78 is 5.70. The van der Waals surface area contributed by atoms with Crippen LogP contribution in [0.1, 0.15) is 51.9 Å². The standard InChI is InChI=1S/C14H24O2/c1-11-2-3-13(10-16-11)5-4-12-6-8-14(15)9-7-12/h8,11-13,15H,2-7,9-10H2,1H3. The smallest absolute Gasteiger partial charge is 0.0883 e. The second-order valence-electron chi connectivity index (χ2n) is 5.50. The average Bonchev–Trinajstić information content (AvgIpc) is 2.30. The second-order valence-corrected chi connectivity index (χ2v) is 5.50. The third kappa shape index (κ3) is 3.51. The minimum Gasteiger partial charge on any atom is -0.513 e. The summed E-state index contributed by atoms with van der Waals surface area (Å²) in [4.78, 5) is 0. The minimum absolute atomic E-state index is 0.478. The molecule has 3 unspecified atom stereocenters. The Balaban J connectivity index is 1.64. The summed E-state index contributed by atoms with van der Waals surface area (Å²) in [5.74, 6) is 2.19. The van der Waals surface area contributed by atoms with Gasteiger partial charge in [0.25, 0.3) is 0 Å². The van der Waals surface area contributed by atoms with Crippen molar-refractivity contribution in [2.75, 3.05) is 6.61 Å². The van der Waals surface area contributed by atoms with Gasteiger partial charge in [-0.1, -0.05) is 0 Å². The fraction of sp³-hybridized carbons (Fsp3) is 0.857. The number of hydrogen-bond donors (Lipinski definition) is 1. The van der Waals surface area contributed by atoms with Crippen molar-refractivity contribution >= 4 is 0 Å². The first-order chi connectivity index (χ1) is 7.74. The van der Waals surface area contributed by atoms with Gasteiger partial charge in [-0.05, 0) is 63.4 Å². The Morgan fingerprint density at radius 2 is 2.06 bits per heavy atom. The molecule has 0 aromatic rings. The molecule has 16 heavy (non-hydrogen) atoms. The van der Waals surface area contributed by atoms with E-state index in [1.807, 2.05) is 6.08 Å². The van der Waals surface area contributed by atoms with Crippen molar-refractivity contribution in [2.24, 2.45) is 11.8 Å². The van der Waals surface area contributed by atoms with E-state index in [0.717, 1.165) is 31.3 Å². The zero-order valence-electron chi connectivity index (χ0n) is 10.3. The van der Waals surface area contributed by atoms with Crippen molar-refractivity contribution < 1.29 is 9.84 Å². The van der Waals surface area contributed by atoms with Crippen LogP contribution in [0.3, 0.4) is 0 Å². The number of allylic oxidation sites excluding steroid dienone is 2. The SMILES string of the molecule is CC1CCC(CCC2CC=C(O)CC2)CO1. The Labute approximate surface area is 98.7 Å². The molecule has 0 bridgehead atoms. The molecule has 2 heteroatoms. The molecule has 1 aliphatic heterocycles. The molecule has 0 saturated carbocycles. The summed E-state index contributed by atoms with van der Waals surface area (Å²) in [6.07, 6.45) is 10.8. The van der Waals surface area contributed by atoms with Gasteiger partial charge in [-0.2, -0.15) is 0 Å². The highest BCUT2D eigenvalue weighted by Gasteiger charge is 2.20. The van der Waals surface area contributed by atoms with Gasteiger partial charge < -0.3 is 9.84 Å².